The minimum absolute atomic E-state index is 0.310. The molecule has 3 heteroatoms. The van der Waals surface area contributed by atoms with E-state index in [0.29, 0.717) is 6.04 Å². The highest BCUT2D eigenvalue weighted by molar-refractivity contribution is 5.30. The Labute approximate surface area is 130 Å². The second kappa shape index (κ2) is 5.78. The lowest BCUT2D eigenvalue weighted by molar-refractivity contribution is 0.174. The molecule has 1 aromatic carbocycles. The molecule has 0 N–H and O–H groups in total. The predicted octanol–water partition coefficient (Wildman–Crippen LogP) is 3.49. The lowest BCUT2D eigenvalue weighted by Gasteiger charge is -2.37. The van der Waals surface area contributed by atoms with Crippen LogP contribution in [0, 0.1) is 0 Å². The molecule has 2 aromatic heterocycles. The van der Waals surface area contributed by atoms with Gasteiger partial charge in [0.05, 0.1) is 6.04 Å². The van der Waals surface area contributed by atoms with Gasteiger partial charge in [0.25, 0.3) is 0 Å². The summed E-state index contributed by atoms with van der Waals surface area (Å²) >= 11 is 0. The van der Waals surface area contributed by atoms with Gasteiger partial charge in [-0.2, -0.15) is 0 Å². The van der Waals surface area contributed by atoms with E-state index in [2.05, 4.69) is 69.2 Å². The van der Waals surface area contributed by atoms with Crippen LogP contribution in [0.1, 0.15) is 22.9 Å². The summed E-state index contributed by atoms with van der Waals surface area (Å²) in [7, 11) is 0. The van der Waals surface area contributed by atoms with Crippen LogP contribution in [0.3, 0.4) is 0 Å². The Morgan fingerprint density at radius 2 is 1.86 bits per heavy atom. The summed E-state index contributed by atoms with van der Waals surface area (Å²) in [5.41, 5.74) is 4.00. The summed E-state index contributed by atoms with van der Waals surface area (Å²) in [5.74, 6) is 0. The highest BCUT2D eigenvalue weighted by atomic mass is 15.2. The summed E-state index contributed by atoms with van der Waals surface area (Å²) in [6, 6.07) is 19.7. The number of hydrogen-bond donors (Lipinski definition) is 0. The van der Waals surface area contributed by atoms with E-state index in [4.69, 9.17) is 0 Å². The highest BCUT2D eigenvalue weighted by Gasteiger charge is 2.28. The van der Waals surface area contributed by atoms with Gasteiger partial charge in [-0.15, -0.1) is 0 Å². The highest BCUT2D eigenvalue weighted by Crippen LogP contribution is 2.33. The number of rotatable bonds is 3. The van der Waals surface area contributed by atoms with E-state index in [1.54, 1.807) is 0 Å². The zero-order valence-electron chi connectivity index (χ0n) is 12.5. The van der Waals surface area contributed by atoms with E-state index in [9.17, 15) is 0 Å². The van der Waals surface area contributed by atoms with E-state index in [1.807, 2.05) is 18.5 Å². The topological polar surface area (TPSA) is 21.1 Å². The zero-order chi connectivity index (χ0) is 14.8. The van der Waals surface area contributed by atoms with E-state index in [-0.39, 0.29) is 0 Å². The molecule has 4 rings (SSSR count). The third-order valence-electron chi connectivity index (χ3n) is 4.36. The molecule has 110 valence electrons. The fourth-order valence-electron chi connectivity index (χ4n) is 3.34. The van der Waals surface area contributed by atoms with Crippen LogP contribution < -0.4 is 0 Å². The van der Waals surface area contributed by atoms with Crippen molar-refractivity contribution in [3.05, 3.63) is 90.0 Å². The molecule has 1 aliphatic rings. The number of benzene rings is 1. The summed E-state index contributed by atoms with van der Waals surface area (Å²) in [6.07, 6.45) is 5.99. The summed E-state index contributed by atoms with van der Waals surface area (Å²) in [4.78, 5) is 6.79. The molecule has 0 amide bonds. The molecule has 0 radical (unpaired) electrons. The Bertz CT molecular complexity index is 734. The smallest absolute Gasteiger partial charge is 0.0759 e. The largest absolute Gasteiger partial charge is 0.348 e. The quantitative estimate of drug-likeness (QED) is 0.736. The van der Waals surface area contributed by atoms with Crippen molar-refractivity contribution in [2.24, 2.45) is 0 Å². The zero-order valence-corrected chi connectivity index (χ0v) is 12.5. The second-order valence-electron chi connectivity index (χ2n) is 5.77. The van der Waals surface area contributed by atoms with Crippen molar-refractivity contribution in [1.29, 1.82) is 0 Å². The van der Waals surface area contributed by atoms with Gasteiger partial charge in [0, 0.05) is 43.9 Å². The van der Waals surface area contributed by atoms with Crippen LogP contribution in [0.4, 0.5) is 0 Å². The van der Waals surface area contributed by atoms with Gasteiger partial charge < -0.3 is 4.57 Å². The molecule has 0 bridgehead atoms. The van der Waals surface area contributed by atoms with Crippen molar-refractivity contribution in [3.8, 4) is 0 Å². The molecule has 0 aliphatic carbocycles. The van der Waals surface area contributed by atoms with Gasteiger partial charge in [-0.1, -0.05) is 36.4 Å². The lowest BCUT2D eigenvalue weighted by atomic mass is 9.99. The molecule has 22 heavy (non-hydrogen) atoms. The average molecular weight is 289 g/mol. The van der Waals surface area contributed by atoms with Crippen LogP contribution in [0.15, 0.2) is 73.2 Å². The fraction of sp³-hybridized carbons (Fsp3) is 0.211. The van der Waals surface area contributed by atoms with Crippen LogP contribution in [-0.2, 0) is 13.1 Å². The summed E-state index contributed by atoms with van der Waals surface area (Å²) in [5, 5.41) is 0. The summed E-state index contributed by atoms with van der Waals surface area (Å²) in [6.45, 7) is 3.03. The first-order chi connectivity index (χ1) is 10.9. The monoisotopic (exact) mass is 289 g/mol. The normalized spacial score (nSPS) is 18.1. The first kappa shape index (κ1) is 13.3. The van der Waals surface area contributed by atoms with Gasteiger partial charge in [-0.25, -0.2) is 0 Å². The van der Waals surface area contributed by atoms with Crippen LogP contribution in [0.5, 0.6) is 0 Å². The standard InChI is InChI=1S/C19H19N3/c1-2-7-17(8-3-1)19-18-9-5-11-21(18)12-13-22(19)15-16-6-4-10-20-14-16/h1-11,14,19H,12-13,15H2. The lowest BCUT2D eigenvalue weighted by Crippen LogP contribution is -2.37. The van der Waals surface area contributed by atoms with Crippen molar-refractivity contribution in [2.45, 2.75) is 19.1 Å². The van der Waals surface area contributed by atoms with Gasteiger partial charge >= 0.3 is 0 Å². The molecule has 0 fully saturated rings. The van der Waals surface area contributed by atoms with Gasteiger partial charge in [0.1, 0.15) is 0 Å². The second-order valence-corrected chi connectivity index (χ2v) is 5.77. The third kappa shape index (κ3) is 2.44. The molecule has 1 aliphatic heterocycles. The molecule has 0 spiro atoms. The van der Waals surface area contributed by atoms with Crippen molar-refractivity contribution < 1.29 is 0 Å². The van der Waals surface area contributed by atoms with Gasteiger partial charge in [-0.05, 0) is 29.3 Å². The van der Waals surface area contributed by atoms with Crippen LogP contribution in [-0.4, -0.2) is 21.0 Å². The number of aromatic nitrogens is 2. The minimum Gasteiger partial charge on any atom is -0.348 e. The number of fused-ring (bicyclic) bond motifs is 1. The molecule has 3 heterocycles. The van der Waals surface area contributed by atoms with Gasteiger partial charge in [0.15, 0.2) is 0 Å². The molecular formula is C19H19N3. The predicted molar refractivity (Wildman–Crippen MR) is 87.4 cm³/mol. The van der Waals surface area contributed by atoms with E-state index in [1.165, 1.54) is 16.8 Å². The molecule has 0 saturated carbocycles. The number of pyridine rings is 1. The van der Waals surface area contributed by atoms with Crippen LogP contribution in [0.25, 0.3) is 0 Å². The molecule has 3 aromatic rings. The summed E-state index contributed by atoms with van der Waals surface area (Å²) < 4.78 is 2.37. The first-order valence-electron chi connectivity index (χ1n) is 7.75. The Kier molecular flexibility index (Phi) is 3.49. The van der Waals surface area contributed by atoms with Crippen molar-refractivity contribution >= 4 is 0 Å². The number of hydrogen-bond acceptors (Lipinski definition) is 2. The average Bonchev–Trinajstić information content (AvgIpc) is 3.05. The Hall–Kier alpha value is -2.39. The Balaban J connectivity index is 1.71. The third-order valence-corrected chi connectivity index (χ3v) is 4.36. The molecular weight excluding hydrogens is 270 g/mol. The van der Waals surface area contributed by atoms with Crippen molar-refractivity contribution in [3.63, 3.8) is 0 Å². The molecule has 1 atom stereocenters. The molecule has 0 saturated heterocycles. The first-order valence-corrected chi connectivity index (χ1v) is 7.75. The van der Waals surface area contributed by atoms with Crippen molar-refractivity contribution in [2.75, 3.05) is 6.54 Å². The SMILES string of the molecule is c1ccc(C2c3cccn3CCN2Cc2cccnc2)cc1. The molecule has 1 unspecified atom stereocenters. The van der Waals surface area contributed by atoms with Crippen molar-refractivity contribution in [1.82, 2.24) is 14.5 Å². The maximum Gasteiger partial charge on any atom is 0.0759 e. The minimum atomic E-state index is 0.310. The Morgan fingerprint density at radius 1 is 0.955 bits per heavy atom. The van der Waals surface area contributed by atoms with E-state index >= 15 is 0 Å². The maximum atomic E-state index is 4.25. The number of nitrogens with zero attached hydrogens (tertiary/aromatic N) is 3. The van der Waals surface area contributed by atoms with Gasteiger partial charge in [-0.3, -0.25) is 9.88 Å². The molecule has 3 nitrogen and oxygen atoms in total. The Morgan fingerprint density at radius 3 is 2.68 bits per heavy atom. The maximum absolute atomic E-state index is 4.25. The van der Waals surface area contributed by atoms with Crippen LogP contribution >= 0.6 is 0 Å². The van der Waals surface area contributed by atoms with E-state index in [0.717, 1.165) is 19.6 Å². The fourth-order valence-corrected chi connectivity index (χ4v) is 3.34. The van der Waals surface area contributed by atoms with E-state index < -0.39 is 0 Å². The van der Waals surface area contributed by atoms with Gasteiger partial charge in [0.2, 0.25) is 0 Å². The van der Waals surface area contributed by atoms with Crippen LogP contribution in [0.2, 0.25) is 0 Å².